The third kappa shape index (κ3) is 4.18. The van der Waals surface area contributed by atoms with Gasteiger partial charge in [0.05, 0.1) is 16.4 Å². The number of nitrogens with zero attached hydrogens (tertiary/aromatic N) is 1. The van der Waals surface area contributed by atoms with Crippen molar-refractivity contribution in [2.45, 2.75) is 88.1 Å². The van der Waals surface area contributed by atoms with Gasteiger partial charge in [0, 0.05) is 11.3 Å². The van der Waals surface area contributed by atoms with Gasteiger partial charge in [0.15, 0.2) is 0 Å². The fourth-order valence-corrected chi connectivity index (χ4v) is 5.95. The Morgan fingerprint density at radius 1 is 1.14 bits per heavy atom. The van der Waals surface area contributed by atoms with E-state index in [0.29, 0.717) is 6.42 Å². The Morgan fingerprint density at radius 2 is 1.71 bits per heavy atom. The zero-order valence-electron chi connectivity index (χ0n) is 17.2. The molecule has 2 saturated carbocycles. The van der Waals surface area contributed by atoms with E-state index < -0.39 is 23.4 Å². The molecule has 3 rings (SSSR count). The number of halogens is 1. The number of carbonyl (C=O) groups is 3. The predicted molar refractivity (Wildman–Crippen MR) is 109 cm³/mol. The number of hydrazine groups is 1. The first-order valence-corrected chi connectivity index (χ1v) is 10.8. The summed E-state index contributed by atoms with van der Waals surface area (Å²) in [7, 11) is 0. The summed E-state index contributed by atoms with van der Waals surface area (Å²) in [5.41, 5.74) is 0.954. The Hall–Kier alpha value is -1.26. The molecule has 9 heteroatoms. The van der Waals surface area contributed by atoms with Crippen LogP contribution in [-0.2, 0) is 19.0 Å². The molecule has 0 aromatic heterocycles. The van der Waals surface area contributed by atoms with Crippen molar-refractivity contribution in [1.29, 1.82) is 0 Å². The Balaban J connectivity index is 1.87. The average molecular weight is 508 g/mol. The van der Waals surface area contributed by atoms with Gasteiger partial charge in [-0.05, 0) is 54.4 Å². The number of alkyl halides is 1. The van der Waals surface area contributed by atoms with Crippen LogP contribution in [0.5, 0.6) is 0 Å². The second-order valence-corrected chi connectivity index (χ2v) is 11.3. The molecule has 2 aliphatic carbocycles. The molecule has 0 radical (unpaired) electrons. The van der Waals surface area contributed by atoms with Crippen molar-refractivity contribution in [3.8, 4) is 0 Å². The number of carbonyl (C=O) groups excluding carboxylic acids is 3. The topological polar surface area (TPSA) is 94.2 Å². The van der Waals surface area contributed by atoms with Gasteiger partial charge in [-0.2, -0.15) is 0 Å². The Morgan fingerprint density at radius 3 is 2.21 bits per heavy atom. The van der Waals surface area contributed by atoms with Crippen LogP contribution in [0.1, 0.15) is 60.8 Å². The highest BCUT2D eigenvalue weighted by Gasteiger charge is 2.71. The zero-order valence-corrected chi connectivity index (χ0v) is 19.4. The number of esters is 1. The molecule has 1 spiro atoms. The SMILES string of the molecule is CC(C)(C)OC(=O)NN(C(=O)OC(C)(C)C)[C@H]1[C@H](I)[C@H]2OC(=O)C[C@H]2C12CC2. The lowest BCUT2D eigenvalue weighted by atomic mass is 9.88. The fraction of sp³-hybridized carbons (Fsp3) is 0.842. The van der Waals surface area contributed by atoms with Gasteiger partial charge in [-0.1, -0.05) is 22.6 Å². The van der Waals surface area contributed by atoms with Crippen LogP contribution in [0, 0.1) is 11.3 Å². The third-order valence-electron chi connectivity index (χ3n) is 5.30. The molecule has 0 bridgehead atoms. The Kier molecular flexibility index (Phi) is 5.30. The minimum Gasteiger partial charge on any atom is -0.461 e. The number of hydrogen-bond donors (Lipinski definition) is 1. The van der Waals surface area contributed by atoms with Gasteiger partial charge < -0.3 is 14.2 Å². The molecule has 158 valence electrons. The van der Waals surface area contributed by atoms with Gasteiger partial charge in [0.2, 0.25) is 0 Å². The van der Waals surface area contributed by atoms with E-state index in [1.165, 1.54) is 5.01 Å². The van der Waals surface area contributed by atoms with Crippen molar-refractivity contribution < 1.29 is 28.6 Å². The van der Waals surface area contributed by atoms with Crippen molar-refractivity contribution in [1.82, 2.24) is 10.4 Å². The lowest BCUT2D eigenvalue weighted by molar-refractivity contribution is -0.141. The highest BCUT2D eigenvalue weighted by molar-refractivity contribution is 14.1. The minimum atomic E-state index is -0.719. The highest BCUT2D eigenvalue weighted by Crippen LogP contribution is 2.67. The van der Waals surface area contributed by atoms with Crippen LogP contribution in [0.25, 0.3) is 0 Å². The third-order valence-corrected chi connectivity index (χ3v) is 6.69. The molecule has 1 aliphatic heterocycles. The standard InChI is InChI=1S/C19H29IN2O6/c1-17(2,3)27-15(24)21-22(16(25)28-18(4,5)6)14-12(20)13-10(9-11(23)26-13)19(14)7-8-19/h10,12-14H,7-9H2,1-6H3,(H,21,24)/t10-,12-,13+,14+/m1/s1. The van der Waals surface area contributed by atoms with E-state index in [9.17, 15) is 14.4 Å². The molecule has 28 heavy (non-hydrogen) atoms. The van der Waals surface area contributed by atoms with Crippen molar-refractivity contribution in [3.63, 3.8) is 0 Å². The summed E-state index contributed by atoms with van der Waals surface area (Å²) >= 11 is 2.23. The molecular weight excluding hydrogens is 479 g/mol. The molecule has 0 aromatic rings. The van der Waals surface area contributed by atoms with Crippen LogP contribution >= 0.6 is 22.6 Å². The smallest absolute Gasteiger partial charge is 0.429 e. The van der Waals surface area contributed by atoms with Crippen molar-refractivity contribution in [2.24, 2.45) is 11.3 Å². The number of hydrogen-bond acceptors (Lipinski definition) is 6. The normalized spacial score (nSPS) is 30.5. The lowest BCUT2D eigenvalue weighted by Crippen LogP contribution is -2.58. The number of rotatable bonds is 1. The Labute approximate surface area is 179 Å². The summed E-state index contributed by atoms with van der Waals surface area (Å²) in [5, 5.41) is 1.27. The number of ether oxygens (including phenoxy) is 3. The first-order chi connectivity index (χ1) is 12.7. The van der Waals surface area contributed by atoms with Crippen molar-refractivity contribution >= 4 is 40.7 Å². The van der Waals surface area contributed by atoms with Gasteiger partial charge in [-0.3, -0.25) is 4.79 Å². The van der Waals surface area contributed by atoms with E-state index in [1.54, 1.807) is 41.5 Å². The summed E-state index contributed by atoms with van der Waals surface area (Å²) in [4.78, 5) is 37.3. The molecular formula is C19H29IN2O6. The van der Waals surface area contributed by atoms with Gasteiger partial charge in [-0.25, -0.2) is 20.0 Å². The van der Waals surface area contributed by atoms with Crippen LogP contribution in [0.2, 0.25) is 0 Å². The van der Waals surface area contributed by atoms with Crippen LogP contribution < -0.4 is 5.43 Å². The number of amides is 2. The van der Waals surface area contributed by atoms with Crippen LogP contribution in [0.3, 0.4) is 0 Å². The minimum absolute atomic E-state index is 0.0530. The summed E-state index contributed by atoms with van der Waals surface area (Å²) in [5.74, 6) is -0.136. The maximum Gasteiger partial charge on any atom is 0.429 e. The Bertz CT molecular complexity index is 679. The zero-order chi connectivity index (χ0) is 21.1. The second-order valence-electron chi connectivity index (χ2n) is 9.85. The van der Waals surface area contributed by atoms with E-state index in [1.807, 2.05) is 0 Å². The summed E-state index contributed by atoms with van der Waals surface area (Å²) in [6, 6.07) is -0.335. The largest absolute Gasteiger partial charge is 0.461 e. The maximum atomic E-state index is 13.0. The lowest BCUT2D eigenvalue weighted by Gasteiger charge is -2.37. The summed E-state index contributed by atoms with van der Waals surface area (Å²) in [6.07, 6.45) is 0.504. The molecule has 8 nitrogen and oxygen atoms in total. The number of nitrogens with one attached hydrogen (secondary N) is 1. The monoisotopic (exact) mass is 508 g/mol. The first-order valence-electron chi connectivity index (χ1n) is 9.59. The van der Waals surface area contributed by atoms with Crippen molar-refractivity contribution in [2.75, 3.05) is 0 Å². The molecule has 1 saturated heterocycles. The predicted octanol–water partition coefficient (Wildman–Crippen LogP) is 3.56. The van der Waals surface area contributed by atoms with Crippen LogP contribution in [0.15, 0.2) is 0 Å². The van der Waals surface area contributed by atoms with E-state index >= 15 is 0 Å². The van der Waals surface area contributed by atoms with Gasteiger partial charge in [0.1, 0.15) is 17.3 Å². The molecule has 1 heterocycles. The first kappa shape index (κ1) is 21.4. The molecule has 0 aromatic carbocycles. The maximum absolute atomic E-state index is 13.0. The summed E-state index contributed by atoms with van der Waals surface area (Å²) < 4.78 is 16.3. The molecule has 3 aliphatic rings. The molecule has 1 N–H and O–H groups in total. The molecule has 3 fully saturated rings. The molecule has 2 amide bonds. The second kappa shape index (κ2) is 6.91. The quantitative estimate of drug-likeness (QED) is 0.192. The van der Waals surface area contributed by atoms with E-state index in [0.717, 1.165) is 12.8 Å². The van der Waals surface area contributed by atoms with Gasteiger partial charge in [-0.15, -0.1) is 0 Å². The van der Waals surface area contributed by atoms with E-state index in [4.69, 9.17) is 14.2 Å². The van der Waals surface area contributed by atoms with Crippen molar-refractivity contribution in [3.05, 3.63) is 0 Å². The summed E-state index contributed by atoms with van der Waals surface area (Å²) in [6.45, 7) is 10.6. The fourth-order valence-electron chi connectivity index (χ4n) is 4.26. The van der Waals surface area contributed by atoms with Crippen LogP contribution in [-0.4, -0.2) is 50.4 Å². The number of fused-ring (bicyclic) bond motifs is 2. The van der Waals surface area contributed by atoms with Gasteiger partial charge in [0.25, 0.3) is 0 Å². The average Bonchev–Trinajstić information content (AvgIpc) is 3.13. The molecule has 4 atom stereocenters. The van der Waals surface area contributed by atoms with Crippen LogP contribution in [0.4, 0.5) is 9.59 Å². The van der Waals surface area contributed by atoms with Gasteiger partial charge >= 0.3 is 18.2 Å². The highest BCUT2D eigenvalue weighted by atomic mass is 127. The molecule has 0 unspecified atom stereocenters. The van der Waals surface area contributed by atoms with E-state index in [-0.39, 0.29) is 33.4 Å². The van der Waals surface area contributed by atoms with E-state index in [2.05, 4.69) is 28.0 Å².